The molecule has 0 aliphatic rings. The second-order valence-electron chi connectivity index (χ2n) is 8.47. The summed E-state index contributed by atoms with van der Waals surface area (Å²) in [5.74, 6) is -0.787. The number of carbonyl (C=O) groups excluding carboxylic acids is 1. The number of aromatic nitrogens is 2. The van der Waals surface area contributed by atoms with Crippen LogP contribution in [0.3, 0.4) is 0 Å². The number of unbranched alkanes of at least 4 members (excludes halogenated alkanes) is 1. The molecule has 0 saturated heterocycles. The Hall–Kier alpha value is -4.41. The highest BCUT2D eigenvalue weighted by molar-refractivity contribution is 5.99. The molecule has 2 amide bonds. The predicted octanol–water partition coefficient (Wildman–Crippen LogP) is 4.43. The number of H-pyrrole nitrogens is 1. The number of carbonyl (C=O) groups is 1. The maximum absolute atomic E-state index is 12.7. The second-order valence-corrected chi connectivity index (χ2v) is 8.47. The van der Waals surface area contributed by atoms with Crippen molar-refractivity contribution in [3.63, 3.8) is 0 Å². The van der Waals surface area contributed by atoms with Crippen LogP contribution in [0.2, 0.25) is 0 Å². The SMILES string of the molecule is N#CCCCN(CCCN)Cc1ccc(-c2cnc(NC(=O)Nc3ccccc3OC(F)(F)F)[nH]c2=O)cc1. The number of nitrogens with two attached hydrogens (primary N) is 1. The van der Waals surface area contributed by atoms with Gasteiger partial charge in [0.25, 0.3) is 5.56 Å². The fourth-order valence-electron chi connectivity index (χ4n) is 3.72. The Labute approximate surface area is 222 Å². The number of rotatable bonds is 12. The topological polar surface area (TPSA) is 149 Å². The summed E-state index contributed by atoms with van der Waals surface area (Å²) in [5, 5.41) is 13.3. The van der Waals surface area contributed by atoms with E-state index in [1.165, 1.54) is 24.4 Å². The van der Waals surface area contributed by atoms with E-state index < -0.39 is 23.7 Å². The number of hydrogen-bond donors (Lipinski definition) is 4. The van der Waals surface area contributed by atoms with Crippen LogP contribution < -0.4 is 26.7 Å². The van der Waals surface area contributed by atoms with Crippen molar-refractivity contribution in [2.75, 3.05) is 30.3 Å². The summed E-state index contributed by atoms with van der Waals surface area (Å²) >= 11 is 0. The standard InChI is InChI=1S/C26H28F3N7O3/c27-26(28,29)39-22-7-2-1-6-21(22)33-25(38)35-24-32-16-20(23(37)34-24)19-10-8-18(9-11-19)17-36(15-5-13-31)14-4-3-12-30/h1-2,6-11,16H,3-5,13-15,17,31H2,(H3,32,33,34,35,37,38). The van der Waals surface area contributed by atoms with Gasteiger partial charge in [-0.1, -0.05) is 36.4 Å². The summed E-state index contributed by atoms with van der Waals surface area (Å²) in [4.78, 5) is 33.7. The molecule has 10 nitrogen and oxygen atoms in total. The van der Waals surface area contributed by atoms with Gasteiger partial charge in [0, 0.05) is 19.2 Å². The number of aromatic amines is 1. The minimum Gasteiger partial charge on any atom is -0.404 e. The smallest absolute Gasteiger partial charge is 0.404 e. The lowest BCUT2D eigenvalue weighted by molar-refractivity contribution is -0.274. The lowest BCUT2D eigenvalue weighted by atomic mass is 10.1. The normalized spacial score (nSPS) is 11.2. The first-order chi connectivity index (χ1) is 18.7. The van der Waals surface area contributed by atoms with Crippen molar-refractivity contribution in [1.29, 1.82) is 5.26 Å². The van der Waals surface area contributed by atoms with E-state index in [0.29, 0.717) is 25.1 Å². The third-order valence-electron chi connectivity index (χ3n) is 5.50. The summed E-state index contributed by atoms with van der Waals surface area (Å²) in [5.41, 5.74) is 6.80. The van der Waals surface area contributed by atoms with Gasteiger partial charge in [-0.2, -0.15) is 5.26 Å². The minimum absolute atomic E-state index is 0.194. The van der Waals surface area contributed by atoms with Crippen molar-refractivity contribution in [1.82, 2.24) is 14.9 Å². The van der Waals surface area contributed by atoms with Crippen LogP contribution in [0.15, 0.2) is 59.5 Å². The molecule has 0 unspecified atom stereocenters. The van der Waals surface area contributed by atoms with E-state index in [0.717, 1.165) is 37.6 Å². The van der Waals surface area contributed by atoms with Crippen LogP contribution in [0, 0.1) is 11.3 Å². The van der Waals surface area contributed by atoms with Crippen molar-refractivity contribution in [3.05, 3.63) is 70.6 Å². The maximum Gasteiger partial charge on any atom is 0.573 e. The number of urea groups is 1. The third-order valence-corrected chi connectivity index (χ3v) is 5.50. The minimum atomic E-state index is -4.93. The maximum atomic E-state index is 12.7. The third kappa shape index (κ3) is 9.44. The van der Waals surface area contributed by atoms with Gasteiger partial charge >= 0.3 is 12.4 Å². The Morgan fingerprint density at radius 3 is 2.49 bits per heavy atom. The van der Waals surface area contributed by atoms with Crippen LogP contribution >= 0.6 is 0 Å². The molecule has 0 atom stereocenters. The van der Waals surface area contributed by atoms with Gasteiger partial charge in [-0.05, 0) is 55.7 Å². The molecule has 1 aromatic heterocycles. The molecule has 206 valence electrons. The van der Waals surface area contributed by atoms with E-state index in [-0.39, 0.29) is 17.2 Å². The predicted molar refractivity (Wildman–Crippen MR) is 140 cm³/mol. The number of nitriles is 1. The number of alkyl halides is 3. The molecule has 0 saturated carbocycles. The van der Waals surface area contributed by atoms with Gasteiger partial charge in [0.2, 0.25) is 5.95 Å². The molecule has 0 aliphatic heterocycles. The Bertz CT molecular complexity index is 1340. The summed E-state index contributed by atoms with van der Waals surface area (Å²) < 4.78 is 41.7. The average Bonchev–Trinajstić information content (AvgIpc) is 2.88. The molecule has 0 aliphatic carbocycles. The molecule has 13 heteroatoms. The highest BCUT2D eigenvalue weighted by atomic mass is 19.4. The molecular weight excluding hydrogens is 515 g/mol. The van der Waals surface area contributed by atoms with E-state index in [9.17, 15) is 22.8 Å². The summed E-state index contributed by atoms with van der Waals surface area (Å²) in [6.07, 6.45) is -1.54. The van der Waals surface area contributed by atoms with Gasteiger partial charge in [-0.15, -0.1) is 13.2 Å². The van der Waals surface area contributed by atoms with Crippen LogP contribution in [0.4, 0.5) is 29.6 Å². The molecule has 3 rings (SSSR count). The lowest BCUT2D eigenvalue weighted by Crippen LogP contribution is -2.27. The first-order valence-corrected chi connectivity index (χ1v) is 12.1. The van der Waals surface area contributed by atoms with Crippen molar-refractivity contribution in [2.24, 2.45) is 5.73 Å². The Balaban J connectivity index is 1.64. The first-order valence-electron chi connectivity index (χ1n) is 12.1. The molecule has 3 aromatic rings. The van der Waals surface area contributed by atoms with Crippen LogP contribution in [0.1, 0.15) is 24.8 Å². The summed E-state index contributed by atoms with van der Waals surface area (Å²) in [6.45, 7) is 2.85. The zero-order valence-electron chi connectivity index (χ0n) is 20.9. The van der Waals surface area contributed by atoms with Crippen LogP contribution in [-0.4, -0.2) is 46.9 Å². The highest BCUT2D eigenvalue weighted by Crippen LogP contribution is 2.30. The van der Waals surface area contributed by atoms with Gasteiger partial charge in [-0.3, -0.25) is 20.0 Å². The Morgan fingerprint density at radius 1 is 1.10 bits per heavy atom. The molecular formula is C26H28F3N7O3. The molecule has 39 heavy (non-hydrogen) atoms. The monoisotopic (exact) mass is 543 g/mol. The number of halogens is 3. The average molecular weight is 544 g/mol. The van der Waals surface area contributed by atoms with Crippen molar-refractivity contribution >= 4 is 17.7 Å². The lowest BCUT2D eigenvalue weighted by Gasteiger charge is -2.21. The molecule has 5 N–H and O–H groups in total. The van der Waals surface area contributed by atoms with E-state index in [1.54, 1.807) is 12.1 Å². The van der Waals surface area contributed by atoms with Crippen LogP contribution in [0.25, 0.3) is 11.1 Å². The molecule has 1 heterocycles. The van der Waals surface area contributed by atoms with E-state index in [4.69, 9.17) is 11.0 Å². The zero-order valence-corrected chi connectivity index (χ0v) is 20.9. The number of hydrogen-bond acceptors (Lipinski definition) is 7. The van der Waals surface area contributed by atoms with Crippen LogP contribution in [0.5, 0.6) is 5.75 Å². The van der Waals surface area contributed by atoms with Gasteiger partial charge in [0.15, 0.2) is 5.75 Å². The van der Waals surface area contributed by atoms with Gasteiger partial charge < -0.3 is 15.8 Å². The number of ether oxygens (including phenoxy) is 1. The number of anilines is 2. The number of benzene rings is 2. The first kappa shape index (κ1) is 29.2. The quantitative estimate of drug-likeness (QED) is 0.247. The second kappa shape index (κ2) is 13.9. The zero-order chi connectivity index (χ0) is 28.3. The highest BCUT2D eigenvalue weighted by Gasteiger charge is 2.32. The molecule has 0 fully saturated rings. The Kier molecular flexibility index (Phi) is 10.4. The Morgan fingerprint density at radius 2 is 1.82 bits per heavy atom. The van der Waals surface area contributed by atoms with Crippen molar-refractivity contribution in [3.8, 4) is 22.9 Å². The number of amides is 2. The molecule has 0 spiro atoms. The van der Waals surface area contributed by atoms with Gasteiger partial charge in [0.05, 0.1) is 17.3 Å². The summed E-state index contributed by atoms with van der Waals surface area (Å²) in [6, 6.07) is 13.6. The van der Waals surface area contributed by atoms with E-state index in [2.05, 4.69) is 36.3 Å². The fourth-order valence-corrected chi connectivity index (χ4v) is 3.72. The number of para-hydroxylation sites is 2. The summed E-state index contributed by atoms with van der Waals surface area (Å²) in [7, 11) is 0. The van der Waals surface area contributed by atoms with E-state index >= 15 is 0 Å². The van der Waals surface area contributed by atoms with E-state index in [1.807, 2.05) is 12.1 Å². The van der Waals surface area contributed by atoms with Crippen molar-refractivity contribution in [2.45, 2.75) is 32.2 Å². The van der Waals surface area contributed by atoms with Crippen molar-refractivity contribution < 1.29 is 22.7 Å². The number of nitrogens with one attached hydrogen (secondary N) is 3. The van der Waals surface area contributed by atoms with Crippen LogP contribution in [-0.2, 0) is 6.54 Å². The fraction of sp³-hybridized carbons (Fsp3) is 0.308. The van der Waals surface area contributed by atoms with Gasteiger partial charge in [-0.25, -0.2) is 9.78 Å². The largest absolute Gasteiger partial charge is 0.573 e. The molecule has 0 bridgehead atoms. The molecule has 2 aromatic carbocycles. The molecule has 0 radical (unpaired) electrons. The number of nitrogens with zero attached hydrogens (tertiary/aromatic N) is 3. The van der Waals surface area contributed by atoms with Gasteiger partial charge in [0.1, 0.15) is 0 Å².